The van der Waals surface area contributed by atoms with Crippen LogP contribution in [0, 0.1) is 0 Å². The van der Waals surface area contributed by atoms with Gasteiger partial charge in [0.2, 0.25) is 10.0 Å². The minimum Gasteiger partial charge on any atom is -0.465 e. The molecule has 0 saturated carbocycles. The lowest BCUT2D eigenvalue weighted by molar-refractivity contribution is -0.119. The van der Waals surface area contributed by atoms with Crippen molar-refractivity contribution in [1.82, 2.24) is 4.31 Å². The largest absolute Gasteiger partial charge is 0.465 e. The Morgan fingerprint density at radius 2 is 1.88 bits per heavy atom. The number of esters is 2. The number of sulfonamides is 1. The molecule has 0 aromatic carbocycles. The number of thiophene rings is 2. The summed E-state index contributed by atoms with van der Waals surface area (Å²) >= 11 is 2.27. The number of carbonyl (C=O) groups is 3. The molecule has 2 aromatic rings. The van der Waals surface area contributed by atoms with E-state index >= 15 is 0 Å². The number of hydrogen-bond acceptors (Lipinski definition) is 9. The molecule has 32 heavy (non-hydrogen) atoms. The van der Waals surface area contributed by atoms with E-state index in [0.717, 1.165) is 53.9 Å². The number of aryl methyl sites for hydroxylation is 1. The second-order valence-electron chi connectivity index (χ2n) is 7.40. The maximum atomic E-state index is 12.8. The lowest BCUT2D eigenvalue weighted by Gasteiger charge is -2.15. The molecule has 0 atom stereocenters. The average molecular weight is 499 g/mol. The molecule has 0 radical (unpaired) electrons. The molecule has 1 saturated heterocycles. The molecule has 1 N–H and O–H groups in total. The molecule has 1 amide bonds. The predicted octanol–water partition coefficient (Wildman–Crippen LogP) is 2.66. The number of methoxy groups -OCH3 is 1. The van der Waals surface area contributed by atoms with Gasteiger partial charge in [-0.05, 0) is 49.1 Å². The second-order valence-corrected chi connectivity index (χ2v) is 11.3. The van der Waals surface area contributed by atoms with Crippen molar-refractivity contribution in [3.05, 3.63) is 32.3 Å². The summed E-state index contributed by atoms with van der Waals surface area (Å²) in [6, 6.07) is 1.38. The minimum absolute atomic E-state index is 0.0601. The van der Waals surface area contributed by atoms with Crippen molar-refractivity contribution >= 4 is 55.5 Å². The van der Waals surface area contributed by atoms with Gasteiger partial charge in [-0.3, -0.25) is 4.79 Å². The first-order valence-electron chi connectivity index (χ1n) is 10.1. The van der Waals surface area contributed by atoms with Crippen LogP contribution >= 0.6 is 22.7 Å². The highest BCUT2D eigenvalue weighted by Crippen LogP contribution is 2.39. The molecular weight excluding hydrogens is 476 g/mol. The van der Waals surface area contributed by atoms with E-state index in [0.29, 0.717) is 23.7 Å². The number of rotatable bonds is 7. The molecule has 0 bridgehead atoms. The van der Waals surface area contributed by atoms with Crippen LogP contribution in [0.15, 0.2) is 16.3 Å². The second kappa shape index (κ2) is 9.30. The number of amides is 1. The molecule has 2 aliphatic rings. The highest BCUT2D eigenvalue weighted by molar-refractivity contribution is 7.89. The summed E-state index contributed by atoms with van der Waals surface area (Å²) in [5.41, 5.74) is 1.24. The molecule has 0 unspecified atom stereocenters. The Hall–Kier alpha value is -2.28. The molecule has 2 aromatic heterocycles. The van der Waals surface area contributed by atoms with Crippen LogP contribution in [-0.2, 0) is 37.1 Å². The van der Waals surface area contributed by atoms with Crippen LogP contribution in [0.2, 0.25) is 0 Å². The van der Waals surface area contributed by atoms with Crippen molar-refractivity contribution < 1.29 is 32.3 Å². The zero-order chi connectivity index (χ0) is 22.9. The van der Waals surface area contributed by atoms with Crippen molar-refractivity contribution in [2.75, 3.05) is 32.1 Å². The lowest BCUT2D eigenvalue weighted by Crippen LogP contribution is -2.29. The number of fused-ring (bicyclic) bond motifs is 1. The van der Waals surface area contributed by atoms with Gasteiger partial charge in [0.25, 0.3) is 5.91 Å². The molecule has 172 valence electrons. The molecule has 0 spiro atoms. The summed E-state index contributed by atoms with van der Waals surface area (Å²) in [5.74, 6) is -2.02. The monoisotopic (exact) mass is 498 g/mol. The van der Waals surface area contributed by atoms with E-state index in [9.17, 15) is 22.8 Å². The molecule has 9 nitrogen and oxygen atoms in total. The maximum absolute atomic E-state index is 12.8. The first-order chi connectivity index (χ1) is 15.3. The van der Waals surface area contributed by atoms with Crippen molar-refractivity contribution in [1.29, 1.82) is 0 Å². The summed E-state index contributed by atoms with van der Waals surface area (Å²) in [7, 11) is -2.50. The Kier molecular flexibility index (Phi) is 6.65. The van der Waals surface area contributed by atoms with Crippen molar-refractivity contribution in [2.24, 2.45) is 0 Å². The van der Waals surface area contributed by atoms with Crippen LogP contribution < -0.4 is 5.32 Å². The highest BCUT2D eigenvalue weighted by Gasteiger charge is 2.33. The van der Waals surface area contributed by atoms with Crippen LogP contribution in [0.25, 0.3) is 0 Å². The molecule has 1 fully saturated rings. The normalized spacial score (nSPS) is 16.0. The van der Waals surface area contributed by atoms with Gasteiger partial charge in [-0.15, -0.1) is 22.7 Å². The number of carbonyl (C=O) groups excluding carboxylic acids is 3. The van der Waals surface area contributed by atoms with E-state index in [1.54, 1.807) is 0 Å². The molecular formula is C20H22N2O7S3. The van der Waals surface area contributed by atoms with Gasteiger partial charge in [0.15, 0.2) is 6.61 Å². The number of anilines is 1. The van der Waals surface area contributed by atoms with Crippen LogP contribution in [0.3, 0.4) is 0 Å². The lowest BCUT2D eigenvalue weighted by atomic mass is 10.1. The SMILES string of the molecule is COC(=O)c1c(NC(=O)COC(=O)c2sccc2S(=O)(=O)N2CCCC2)sc2c1CCC2. The third kappa shape index (κ3) is 4.32. The quantitative estimate of drug-likeness (QED) is 0.583. The van der Waals surface area contributed by atoms with Crippen LogP contribution in [0.1, 0.15) is 49.7 Å². The summed E-state index contributed by atoms with van der Waals surface area (Å²) in [4.78, 5) is 38.0. The number of hydrogen-bond donors (Lipinski definition) is 1. The number of ether oxygens (including phenoxy) is 2. The van der Waals surface area contributed by atoms with Gasteiger partial charge in [-0.25, -0.2) is 18.0 Å². The highest BCUT2D eigenvalue weighted by atomic mass is 32.2. The van der Waals surface area contributed by atoms with Gasteiger partial charge in [-0.2, -0.15) is 4.31 Å². The third-order valence-corrected chi connectivity index (χ3v) is 9.57. The van der Waals surface area contributed by atoms with E-state index in [4.69, 9.17) is 9.47 Å². The molecule has 12 heteroatoms. The Labute approximate surface area is 193 Å². The van der Waals surface area contributed by atoms with E-state index in [1.807, 2.05) is 0 Å². The van der Waals surface area contributed by atoms with Gasteiger partial charge >= 0.3 is 11.9 Å². The first-order valence-corrected chi connectivity index (χ1v) is 13.2. The van der Waals surface area contributed by atoms with Crippen LogP contribution in [0.5, 0.6) is 0 Å². The van der Waals surface area contributed by atoms with Gasteiger partial charge < -0.3 is 14.8 Å². The van der Waals surface area contributed by atoms with E-state index in [-0.39, 0.29) is 9.77 Å². The molecule has 1 aliphatic heterocycles. The fourth-order valence-corrected chi connectivity index (χ4v) is 7.98. The van der Waals surface area contributed by atoms with Gasteiger partial charge in [0, 0.05) is 18.0 Å². The summed E-state index contributed by atoms with van der Waals surface area (Å²) in [5, 5.41) is 4.50. The van der Waals surface area contributed by atoms with E-state index < -0.39 is 34.5 Å². The van der Waals surface area contributed by atoms with Crippen molar-refractivity contribution in [3.63, 3.8) is 0 Å². The van der Waals surface area contributed by atoms with Gasteiger partial charge in [0.05, 0.1) is 12.7 Å². The summed E-state index contributed by atoms with van der Waals surface area (Å²) in [6.07, 6.45) is 4.09. The maximum Gasteiger partial charge on any atom is 0.350 e. The summed E-state index contributed by atoms with van der Waals surface area (Å²) in [6.45, 7) is 0.230. The van der Waals surface area contributed by atoms with Crippen molar-refractivity contribution in [3.8, 4) is 0 Å². The Bertz CT molecular complexity index is 1160. The zero-order valence-electron chi connectivity index (χ0n) is 17.3. The fraction of sp³-hybridized carbons (Fsp3) is 0.450. The molecule has 1 aliphatic carbocycles. The minimum atomic E-state index is -3.78. The average Bonchev–Trinajstić information content (AvgIpc) is 3.55. The molecule has 4 rings (SSSR count). The van der Waals surface area contributed by atoms with E-state index in [2.05, 4.69) is 5.32 Å². The Balaban J connectivity index is 1.43. The third-order valence-electron chi connectivity index (χ3n) is 5.40. The van der Waals surface area contributed by atoms with E-state index in [1.165, 1.54) is 34.2 Å². The number of nitrogens with zero attached hydrogens (tertiary/aromatic N) is 1. The smallest absolute Gasteiger partial charge is 0.350 e. The fourth-order valence-electron chi connectivity index (χ4n) is 3.89. The Morgan fingerprint density at radius 1 is 1.12 bits per heavy atom. The van der Waals surface area contributed by atoms with Crippen molar-refractivity contribution in [2.45, 2.75) is 37.0 Å². The van der Waals surface area contributed by atoms with Crippen LogP contribution in [0.4, 0.5) is 5.00 Å². The topological polar surface area (TPSA) is 119 Å². The van der Waals surface area contributed by atoms with Gasteiger partial charge in [0.1, 0.15) is 14.8 Å². The zero-order valence-corrected chi connectivity index (χ0v) is 19.8. The Morgan fingerprint density at radius 3 is 2.59 bits per heavy atom. The van der Waals surface area contributed by atoms with Gasteiger partial charge in [-0.1, -0.05) is 0 Å². The first kappa shape index (κ1) is 22.9. The van der Waals surface area contributed by atoms with Crippen LogP contribution in [-0.4, -0.2) is 57.4 Å². The standard InChI is InChI=1S/C20H22N2O7S3/c1-28-19(24)16-12-5-4-6-13(12)31-18(16)21-15(23)11-29-20(25)17-14(7-10-30-17)32(26,27)22-8-2-3-9-22/h7,10H,2-6,8-9,11H2,1H3,(H,21,23). The molecule has 3 heterocycles. The summed E-state index contributed by atoms with van der Waals surface area (Å²) < 4.78 is 36.9. The number of nitrogens with one attached hydrogen (secondary N) is 1. The predicted molar refractivity (Wildman–Crippen MR) is 119 cm³/mol.